The molecule has 1 spiro atoms. The molecule has 8 aromatic rings. The number of benzene rings is 8. The Hall–Kier alpha value is -6.18. The SMILES string of the molecule is CC(c1ccccc1)c1cccc(-c2cccc3c2-c2cc4ccccc4cc2C32c3ccccc3N(c3ccccc3)c3ccccc32)c1. The van der Waals surface area contributed by atoms with E-state index in [0.717, 1.165) is 5.69 Å². The van der Waals surface area contributed by atoms with Crippen LogP contribution < -0.4 is 4.90 Å². The molecule has 0 saturated heterocycles. The summed E-state index contributed by atoms with van der Waals surface area (Å²) in [5.41, 5.74) is 16.2. The first-order valence-electron chi connectivity index (χ1n) is 17.6. The lowest BCUT2D eigenvalue weighted by molar-refractivity contribution is 0.754. The summed E-state index contributed by atoms with van der Waals surface area (Å²) in [4.78, 5) is 2.45. The average Bonchev–Trinajstić information content (AvgIpc) is 3.47. The molecule has 1 unspecified atom stereocenters. The van der Waals surface area contributed by atoms with Crippen LogP contribution in [-0.4, -0.2) is 0 Å². The normalized spacial score (nSPS) is 14.1. The largest absolute Gasteiger partial charge is 0.310 e. The zero-order chi connectivity index (χ0) is 33.2. The van der Waals surface area contributed by atoms with Crippen molar-refractivity contribution in [3.63, 3.8) is 0 Å². The first kappa shape index (κ1) is 28.8. The van der Waals surface area contributed by atoms with Crippen LogP contribution in [0.5, 0.6) is 0 Å². The summed E-state index contributed by atoms with van der Waals surface area (Å²) in [6, 6.07) is 69.8. The summed E-state index contributed by atoms with van der Waals surface area (Å²) in [7, 11) is 0. The van der Waals surface area contributed by atoms with Gasteiger partial charge in [0.05, 0.1) is 16.8 Å². The molecule has 1 aliphatic carbocycles. The molecule has 0 aromatic heterocycles. The minimum Gasteiger partial charge on any atom is -0.310 e. The summed E-state index contributed by atoms with van der Waals surface area (Å²) in [5, 5.41) is 2.53. The number of nitrogens with zero attached hydrogens (tertiary/aromatic N) is 1. The summed E-state index contributed by atoms with van der Waals surface area (Å²) < 4.78 is 0. The van der Waals surface area contributed by atoms with Gasteiger partial charge in [-0.25, -0.2) is 0 Å². The Morgan fingerprint density at radius 3 is 1.70 bits per heavy atom. The summed E-state index contributed by atoms with van der Waals surface area (Å²) in [5.74, 6) is 0.288. The van der Waals surface area contributed by atoms with Crippen molar-refractivity contribution < 1.29 is 0 Å². The second-order valence-electron chi connectivity index (χ2n) is 13.7. The Kier molecular flexibility index (Phi) is 6.44. The van der Waals surface area contributed by atoms with Crippen molar-refractivity contribution in [3.8, 4) is 22.3 Å². The van der Waals surface area contributed by atoms with Crippen LogP contribution in [0.1, 0.15) is 46.2 Å². The third kappa shape index (κ3) is 4.07. The number of para-hydroxylation sites is 3. The lowest BCUT2D eigenvalue weighted by Gasteiger charge is -2.45. The van der Waals surface area contributed by atoms with Gasteiger partial charge in [-0.2, -0.15) is 0 Å². The van der Waals surface area contributed by atoms with Crippen molar-refractivity contribution in [3.05, 3.63) is 221 Å². The lowest BCUT2D eigenvalue weighted by atomic mass is 9.64. The highest BCUT2D eigenvalue weighted by molar-refractivity contribution is 6.03. The van der Waals surface area contributed by atoms with Crippen LogP contribution in [0.25, 0.3) is 33.0 Å². The second kappa shape index (κ2) is 11.2. The quantitative estimate of drug-likeness (QED) is 0.186. The molecule has 1 aliphatic heterocycles. The van der Waals surface area contributed by atoms with E-state index in [2.05, 4.69) is 200 Å². The highest BCUT2D eigenvalue weighted by Crippen LogP contribution is 2.64. The molecular weight excluding hydrogens is 603 g/mol. The van der Waals surface area contributed by atoms with Gasteiger partial charge in [0.25, 0.3) is 0 Å². The molecule has 0 fully saturated rings. The Morgan fingerprint density at radius 2 is 0.980 bits per heavy atom. The van der Waals surface area contributed by atoms with Gasteiger partial charge in [-0.3, -0.25) is 0 Å². The Labute approximate surface area is 293 Å². The van der Waals surface area contributed by atoms with Gasteiger partial charge in [-0.1, -0.05) is 159 Å². The fraction of sp³-hybridized carbons (Fsp3) is 0.0612. The van der Waals surface area contributed by atoms with E-state index in [0.29, 0.717) is 0 Å². The van der Waals surface area contributed by atoms with E-state index in [9.17, 15) is 0 Å². The number of hydrogen-bond donors (Lipinski definition) is 0. The molecule has 50 heavy (non-hydrogen) atoms. The first-order valence-corrected chi connectivity index (χ1v) is 17.6. The molecule has 2 aliphatic rings. The standard InChI is InChI=1S/C49H35N/c1-33(34-16-4-2-5-17-34)35-20-14-21-38(30-35)40-24-15-27-44-48(40)41-31-36-18-8-9-19-37(36)32-45(41)49(44)42-25-10-12-28-46(42)50(39-22-6-3-7-23-39)47-29-13-11-26-43(47)49/h2-33H,1H3. The molecule has 0 N–H and O–H groups in total. The van der Waals surface area contributed by atoms with E-state index < -0.39 is 5.41 Å². The molecule has 10 rings (SSSR count). The van der Waals surface area contributed by atoms with Crippen molar-refractivity contribution >= 4 is 27.8 Å². The molecule has 0 radical (unpaired) electrons. The maximum Gasteiger partial charge on any atom is 0.0754 e. The third-order valence-corrected chi connectivity index (χ3v) is 11.1. The molecule has 1 nitrogen and oxygen atoms in total. The fourth-order valence-electron chi connectivity index (χ4n) is 8.89. The topological polar surface area (TPSA) is 3.24 Å². The van der Waals surface area contributed by atoms with E-state index >= 15 is 0 Å². The van der Waals surface area contributed by atoms with Crippen LogP contribution in [0.15, 0.2) is 188 Å². The zero-order valence-corrected chi connectivity index (χ0v) is 27.9. The molecule has 0 amide bonds. The average molecular weight is 638 g/mol. The van der Waals surface area contributed by atoms with Gasteiger partial charge in [0.1, 0.15) is 0 Å². The van der Waals surface area contributed by atoms with Crippen LogP contribution >= 0.6 is 0 Å². The van der Waals surface area contributed by atoms with Crippen molar-refractivity contribution in [1.29, 1.82) is 0 Å². The van der Waals surface area contributed by atoms with Crippen molar-refractivity contribution in [2.45, 2.75) is 18.3 Å². The smallest absolute Gasteiger partial charge is 0.0754 e. The fourth-order valence-corrected chi connectivity index (χ4v) is 8.89. The van der Waals surface area contributed by atoms with Crippen molar-refractivity contribution in [2.75, 3.05) is 4.90 Å². The van der Waals surface area contributed by atoms with Gasteiger partial charge >= 0.3 is 0 Å². The molecule has 0 bridgehead atoms. The predicted molar refractivity (Wildman–Crippen MR) is 209 cm³/mol. The van der Waals surface area contributed by atoms with E-state index in [-0.39, 0.29) is 5.92 Å². The van der Waals surface area contributed by atoms with E-state index in [1.807, 2.05) is 0 Å². The maximum atomic E-state index is 2.48. The second-order valence-corrected chi connectivity index (χ2v) is 13.7. The molecule has 1 atom stereocenters. The highest BCUT2D eigenvalue weighted by Gasteiger charge is 2.52. The van der Waals surface area contributed by atoms with E-state index in [1.165, 1.54) is 77.8 Å². The van der Waals surface area contributed by atoms with E-state index in [1.54, 1.807) is 0 Å². The van der Waals surface area contributed by atoms with E-state index in [4.69, 9.17) is 0 Å². The van der Waals surface area contributed by atoms with Crippen LogP contribution in [0.4, 0.5) is 17.1 Å². The lowest BCUT2D eigenvalue weighted by Crippen LogP contribution is -2.36. The molecule has 1 heteroatoms. The Morgan fingerprint density at radius 1 is 0.420 bits per heavy atom. The molecule has 0 saturated carbocycles. The van der Waals surface area contributed by atoms with Crippen LogP contribution in [0.3, 0.4) is 0 Å². The third-order valence-electron chi connectivity index (χ3n) is 11.1. The predicted octanol–water partition coefficient (Wildman–Crippen LogP) is 12.8. The Bertz CT molecular complexity index is 2520. The van der Waals surface area contributed by atoms with Gasteiger partial charge in [-0.15, -0.1) is 0 Å². The number of rotatable bonds is 4. The summed E-state index contributed by atoms with van der Waals surface area (Å²) >= 11 is 0. The number of anilines is 3. The van der Waals surface area contributed by atoms with Gasteiger partial charge in [0.15, 0.2) is 0 Å². The van der Waals surface area contributed by atoms with Crippen molar-refractivity contribution in [2.24, 2.45) is 0 Å². The minimum atomic E-state index is -0.502. The molecule has 1 heterocycles. The minimum absolute atomic E-state index is 0.288. The Balaban J connectivity index is 1.29. The monoisotopic (exact) mass is 637 g/mol. The molecular formula is C49H35N. The summed E-state index contributed by atoms with van der Waals surface area (Å²) in [6.07, 6.45) is 0. The van der Waals surface area contributed by atoms with Gasteiger partial charge in [-0.05, 0) is 103 Å². The molecule has 236 valence electrons. The van der Waals surface area contributed by atoms with Crippen LogP contribution in [0.2, 0.25) is 0 Å². The zero-order valence-electron chi connectivity index (χ0n) is 27.9. The molecule has 8 aromatic carbocycles. The van der Waals surface area contributed by atoms with Crippen molar-refractivity contribution in [1.82, 2.24) is 0 Å². The van der Waals surface area contributed by atoms with Crippen LogP contribution in [-0.2, 0) is 5.41 Å². The van der Waals surface area contributed by atoms with Gasteiger partial charge in [0, 0.05) is 11.6 Å². The maximum absolute atomic E-state index is 2.48. The number of fused-ring (bicyclic) bond motifs is 10. The first-order chi connectivity index (χ1) is 24.7. The van der Waals surface area contributed by atoms with Gasteiger partial charge < -0.3 is 4.90 Å². The number of hydrogen-bond acceptors (Lipinski definition) is 1. The van der Waals surface area contributed by atoms with Crippen LogP contribution in [0, 0.1) is 0 Å². The summed E-state index contributed by atoms with van der Waals surface area (Å²) in [6.45, 7) is 2.31. The van der Waals surface area contributed by atoms with Gasteiger partial charge in [0.2, 0.25) is 0 Å². The highest BCUT2D eigenvalue weighted by atomic mass is 15.2.